The summed E-state index contributed by atoms with van der Waals surface area (Å²) < 4.78 is 10.8. The van der Waals surface area contributed by atoms with Crippen LogP contribution in [-0.2, 0) is 0 Å². The van der Waals surface area contributed by atoms with E-state index in [1.54, 1.807) is 24.3 Å². The summed E-state index contributed by atoms with van der Waals surface area (Å²) in [7, 11) is 0. The molecular weight excluding hydrogens is 204 g/mol. The van der Waals surface area contributed by atoms with E-state index in [1.807, 2.05) is 6.92 Å². The van der Waals surface area contributed by atoms with Crippen LogP contribution in [0.25, 0.3) is 0 Å². The van der Waals surface area contributed by atoms with Crippen molar-refractivity contribution in [2.24, 2.45) is 0 Å². The first-order valence-corrected chi connectivity index (χ1v) is 5.27. The van der Waals surface area contributed by atoms with Crippen LogP contribution in [0.15, 0.2) is 30.9 Å². The zero-order valence-electron chi connectivity index (χ0n) is 9.44. The maximum atomic E-state index is 10.8. The molecule has 16 heavy (non-hydrogen) atoms. The summed E-state index contributed by atoms with van der Waals surface area (Å²) in [5, 5.41) is 0. The van der Waals surface area contributed by atoms with Crippen molar-refractivity contribution in [1.82, 2.24) is 0 Å². The van der Waals surface area contributed by atoms with Crippen molar-refractivity contribution in [2.45, 2.75) is 13.3 Å². The van der Waals surface area contributed by atoms with Gasteiger partial charge in [-0.05, 0) is 18.6 Å². The minimum atomic E-state index is 0.373. The van der Waals surface area contributed by atoms with Gasteiger partial charge in [0.2, 0.25) is 0 Å². The lowest BCUT2D eigenvalue weighted by molar-refractivity contribution is 0.112. The SMILES string of the molecule is C=CCOc1cc(OCCC)ccc1C=O. The minimum Gasteiger partial charge on any atom is -0.493 e. The maximum absolute atomic E-state index is 10.8. The van der Waals surface area contributed by atoms with Gasteiger partial charge in [0.1, 0.15) is 18.1 Å². The first-order chi connectivity index (χ1) is 7.81. The third kappa shape index (κ3) is 3.42. The van der Waals surface area contributed by atoms with Gasteiger partial charge in [0, 0.05) is 6.07 Å². The molecular formula is C13H16O3. The molecule has 0 N–H and O–H groups in total. The van der Waals surface area contributed by atoms with Gasteiger partial charge in [-0.3, -0.25) is 4.79 Å². The Kier molecular flexibility index (Phi) is 5.12. The van der Waals surface area contributed by atoms with E-state index >= 15 is 0 Å². The van der Waals surface area contributed by atoms with Crippen molar-refractivity contribution in [2.75, 3.05) is 13.2 Å². The molecule has 0 bridgehead atoms. The second-order valence-electron chi connectivity index (χ2n) is 3.27. The molecule has 0 heterocycles. The van der Waals surface area contributed by atoms with E-state index in [0.29, 0.717) is 30.3 Å². The molecule has 0 fully saturated rings. The number of carbonyl (C=O) groups excluding carboxylic acids is 1. The number of carbonyl (C=O) groups is 1. The Morgan fingerprint density at radius 2 is 2.19 bits per heavy atom. The van der Waals surface area contributed by atoms with Crippen molar-refractivity contribution >= 4 is 6.29 Å². The number of ether oxygens (including phenoxy) is 2. The van der Waals surface area contributed by atoms with Crippen LogP contribution in [0.4, 0.5) is 0 Å². The molecule has 0 aliphatic rings. The quantitative estimate of drug-likeness (QED) is 0.523. The molecule has 0 unspecified atom stereocenters. The summed E-state index contributed by atoms with van der Waals surface area (Å²) in [4.78, 5) is 10.8. The van der Waals surface area contributed by atoms with E-state index in [1.165, 1.54) is 0 Å². The number of aldehydes is 1. The van der Waals surface area contributed by atoms with E-state index in [9.17, 15) is 4.79 Å². The Morgan fingerprint density at radius 3 is 2.81 bits per heavy atom. The highest BCUT2D eigenvalue weighted by Crippen LogP contribution is 2.23. The zero-order chi connectivity index (χ0) is 11.8. The Balaban J connectivity index is 2.82. The van der Waals surface area contributed by atoms with Crippen molar-refractivity contribution in [3.8, 4) is 11.5 Å². The van der Waals surface area contributed by atoms with Crippen LogP contribution >= 0.6 is 0 Å². The zero-order valence-corrected chi connectivity index (χ0v) is 9.44. The number of benzene rings is 1. The topological polar surface area (TPSA) is 35.5 Å². The summed E-state index contributed by atoms with van der Waals surface area (Å²) in [5.41, 5.74) is 0.519. The van der Waals surface area contributed by atoms with Gasteiger partial charge in [-0.15, -0.1) is 0 Å². The molecule has 1 aromatic carbocycles. The number of hydrogen-bond donors (Lipinski definition) is 0. The highest BCUT2D eigenvalue weighted by atomic mass is 16.5. The van der Waals surface area contributed by atoms with Gasteiger partial charge in [0.15, 0.2) is 6.29 Å². The van der Waals surface area contributed by atoms with Crippen LogP contribution in [0.1, 0.15) is 23.7 Å². The highest BCUT2D eigenvalue weighted by Gasteiger charge is 2.04. The molecule has 0 saturated carbocycles. The van der Waals surface area contributed by atoms with Crippen molar-refractivity contribution < 1.29 is 14.3 Å². The van der Waals surface area contributed by atoms with Crippen LogP contribution in [0, 0.1) is 0 Å². The molecule has 0 radical (unpaired) electrons. The highest BCUT2D eigenvalue weighted by molar-refractivity contribution is 5.79. The van der Waals surface area contributed by atoms with E-state index in [-0.39, 0.29) is 0 Å². The molecule has 0 amide bonds. The Labute approximate surface area is 95.7 Å². The molecule has 0 atom stereocenters. The lowest BCUT2D eigenvalue weighted by atomic mass is 10.2. The van der Waals surface area contributed by atoms with Crippen LogP contribution in [-0.4, -0.2) is 19.5 Å². The lowest BCUT2D eigenvalue weighted by Gasteiger charge is -2.09. The molecule has 3 nitrogen and oxygen atoms in total. The normalized spacial score (nSPS) is 9.56. The molecule has 0 spiro atoms. The van der Waals surface area contributed by atoms with Gasteiger partial charge in [0.05, 0.1) is 12.2 Å². The van der Waals surface area contributed by atoms with Gasteiger partial charge in [-0.25, -0.2) is 0 Å². The smallest absolute Gasteiger partial charge is 0.153 e. The Hall–Kier alpha value is -1.77. The number of hydrogen-bond acceptors (Lipinski definition) is 3. The lowest BCUT2D eigenvalue weighted by Crippen LogP contribution is -1.99. The monoisotopic (exact) mass is 220 g/mol. The van der Waals surface area contributed by atoms with Crippen LogP contribution in [0.5, 0.6) is 11.5 Å². The Bertz CT molecular complexity index is 358. The van der Waals surface area contributed by atoms with Gasteiger partial charge in [-0.2, -0.15) is 0 Å². The predicted octanol–water partition coefficient (Wildman–Crippen LogP) is 2.85. The maximum Gasteiger partial charge on any atom is 0.153 e. The third-order valence-corrected chi connectivity index (χ3v) is 1.94. The molecule has 0 aliphatic carbocycles. The van der Waals surface area contributed by atoms with E-state index in [0.717, 1.165) is 12.7 Å². The van der Waals surface area contributed by atoms with Crippen LogP contribution in [0.2, 0.25) is 0 Å². The molecule has 0 aromatic heterocycles. The molecule has 1 aromatic rings. The second kappa shape index (κ2) is 6.67. The van der Waals surface area contributed by atoms with Crippen LogP contribution in [0.3, 0.4) is 0 Å². The molecule has 86 valence electrons. The van der Waals surface area contributed by atoms with E-state index in [2.05, 4.69) is 6.58 Å². The third-order valence-electron chi connectivity index (χ3n) is 1.94. The van der Waals surface area contributed by atoms with Gasteiger partial charge in [0.25, 0.3) is 0 Å². The summed E-state index contributed by atoms with van der Waals surface area (Å²) in [6.07, 6.45) is 3.34. The van der Waals surface area contributed by atoms with Crippen molar-refractivity contribution in [3.05, 3.63) is 36.4 Å². The largest absolute Gasteiger partial charge is 0.493 e. The molecule has 1 rings (SSSR count). The molecule has 3 heteroatoms. The van der Waals surface area contributed by atoms with Crippen molar-refractivity contribution in [3.63, 3.8) is 0 Å². The number of rotatable bonds is 7. The fourth-order valence-corrected chi connectivity index (χ4v) is 1.20. The fourth-order valence-electron chi connectivity index (χ4n) is 1.20. The standard InChI is InChI=1S/C13H16O3/c1-3-7-15-12-6-5-11(10-14)13(9-12)16-8-4-2/h4-6,9-10H,2-3,7-8H2,1H3. The van der Waals surface area contributed by atoms with Gasteiger partial charge in [-0.1, -0.05) is 19.6 Å². The minimum absolute atomic E-state index is 0.373. The average Bonchev–Trinajstić information content (AvgIpc) is 2.33. The van der Waals surface area contributed by atoms with E-state index < -0.39 is 0 Å². The Morgan fingerprint density at radius 1 is 1.38 bits per heavy atom. The summed E-state index contributed by atoms with van der Waals surface area (Å²) in [5.74, 6) is 1.25. The first kappa shape index (κ1) is 12.3. The summed E-state index contributed by atoms with van der Waals surface area (Å²) in [6.45, 7) is 6.62. The van der Waals surface area contributed by atoms with Gasteiger partial charge < -0.3 is 9.47 Å². The van der Waals surface area contributed by atoms with E-state index in [4.69, 9.17) is 9.47 Å². The second-order valence-corrected chi connectivity index (χ2v) is 3.27. The van der Waals surface area contributed by atoms with Crippen LogP contribution < -0.4 is 9.47 Å². The summed E-state index contributed by atoms with van der Waals surface area (Å²) >= 11 is 0. The fraction of sp³-hybridized carbons (Fsp3) is 0.308. The predicted molar refractivity (Wildman–Crippen MR) is 63.3 cm³/mol. The first-order valence-electron chi connectivity index (χ1n) is 5.27. The van der Waals surface area contributed by atoms with Crippen molar-refractivity contribution in [1.29, 1.82) is 0 Å². The van der Waals surface area contributed by atoms with Gasteiger partial charge >= 0.3 is 0 Å². The summed E-state index contributed by atoms with van der Waals surface area (Å²) in [6, 6.07) is 5.18. The average molecular weight is 220 g/mol. The molecule has 0 aliphatic heterocycles. The molecule has 0 saturated heterocycles.